The van der Waals surface area contributed by atoms with Crippen molar-refractivity contribution in [2.24, 2.45) is 0 Å². The molecule has 2 aliphatic rings. The van der Waals surface area contributed by atoms with E-state index in [0.717, 1.165) is 55.2 Å². The van der Waals surface area contributed by atoms with Gasteiger partial charge in [0.2, 0.25) is 5.91 Å². The molecule has 0 radical (unpaired) electrons. The molecule has 3 nitrogen and oxygen atoms in total. The molecule has 1 saturated carbocycles. The van der Waals surface area contributed by atoms with Crippen LogP contribution in [0.3, 0.4) is 0 Å². The SMILES string of the molecule is Cl.O=C(NC1CCNC1)C1(c2cccc(Br)c2)CCCC1. The van der Waals surface area contributed by atoms with Crippen molar-refractivity contribution in [3.63, 3.8) is 0 Å². The topological polar surface area (TPSA) is 41.1 Å². The van der Waals surface area contributed by atoms with Gasteiger partial charge in [-0.3, -0.25) is 4.79 Å². The van der Waals surface area contributed by atoms with E-state index in [9.17, 15) is 4.79 Å². The van der Waals surface area contributed by atoms with E-state index in [-0.39, 0.29) is 23.7 Å². The van der Waals surface area contributed by atoms with Crippen LogP contribution in [-0.4, -0.2) is 25.0 Å². The highest BCUT2D eigenvalue weighted by molar-refractivity contribution is 9.10. The van der Waals surface area contributed by atoms with Gasteiger partial charge < -0.3 is 10.6 Å². The fourth-order valence-corrected chi connectivity index (χ4v) is 3.91. The van der Waals surface area contributed by atoms with Gasteiger partial charge in [0.25, 0.3) is 0 Å². The van der Waals surface area contributed by atoms with Crippen LogP contribution in [0.15, 0.2) is 28.7 Å². The van der Waals surface area contributed by atoms with Crippen molar-refractivity contribution in [2.75, 3.05) is 13.1 Å². The van der Waals surface area contributed by atoms with Crippen LogP contribution in [0.25, 0.3) is 0 Å². The van der Waals surface area contributed by atoms with E-state index in [2.05, 4.69) is 38.7 Å². The summed E-state index contributed by atoms with van der Waals surface area (Å²) in [6.07, 6.45) is 5.26. The second kappa shape index (κ2) is 7.12. The van der Waals surface area contributed by atoms with Gasteiger partial charge in [0.05, 0.1) is 5.41 Å². The van der Waals surface area contributed by atoms with Gasteiger partial charge in [0.15, 0.2) is 0 Å². The molecule has 1 aliphatic carbocycles. The number of halogens is 2. The predicted octanol–water partition coefficient (Wildman–Crippen LogP) is 3.16. The molecule has 2 N–H and O–H groups in total. The van der Waals surface area contributed by atoms with E-state index in [4.69, 9.17) is 0 Å². The number of amides is 1. The van der Waals surface area contributed by atoms with E-state index >= 15 is 0 Å². The lowest BCUT2D eigenvalue weighted by Crippen LogP contribution is -2.47. The van der Waals surface area contributed by atoms with Crippen molar-refractivity contribution >= 4 is 34.2 Å². The summed E-state index contributed by atoms with van der Waals surface area (Å²) in [7, 11) is 0. The summed E-state index contributed by atoms with van der Waals surface area (Å²) in [5.41, 5.74) is 0.847. The molecular weight excluding hydrogens is 352 g/mol. The van der Waals surface area contributed by atoms with E-state index in [1.807, 2.05) is 12.1 Å². The molecule has 1 aromatic carbocycles. The lowest BCUT2D eigenvalue weighted by Gasteiger charge is -2.30. The number of carbonyl (C=O) groups is 1. The first kappa shape index (κ1) is 16.8. The molecule has 0 bridgehead atoms. The van der Waals surface area contributed by atoms with Crippen molar-refractivity contribution in [3.05, 3.63) is 34.3 Å². The first-order chi connectivity index (χ1) is 9.71. The molecule has 1 amide bonds. The lowest BCUT2D eigenvalue weighted by molar-refractivity contribution is -0.127. The van der Waals surface area contributed by atoms with Gasteiger partial charge in [-0.2, -0.15) is 0 Å². The standard InChI is InChI=1S/C16H21BrN2O.ClH/c17-13-5-3-4-12(10-13)16(7-1-2-8-16)15(20)19-14-6-9-18-11-14;/h3-5,10,14,18H,1-2,6-9,11H2,(H,19,20);1H. The highest BCUT2D eigenvalue weighted by atomic mass is 79.9. The molecule has 2 fully saturated rings. The molecule has 116 valence electrons. The van der Waals surface area contributed by atoms with Crippen LogP contribution in [-0.2, 0) is 10.2 Å². The van der Waals surface area contributed by atoms with Gasteiger partial charge in [-0.15, -0.1) is 12.4 Å². The fraction of sp³-hybridized carbons (Fsp3) is 0.562. The Morgan fingerprint density at radius 2 is 2.10 bits per heavy atom. The van der Waals surface area contributed by atoms with Crippen molar-refractivity contribution in [1.29, 1.82) is 0 Å². The number of rotatable bonds is 3. The third-order valence-corrected chi connectivity index (χ3v) is 5.16. The average molecular weight is 374 g/mol. The highest BCUT2D eigenvalue weighted by Gasteiger charge is 2.43. The summed E-state index contributed by atoms with van der Waals surface area (Å²) in [5, 5.41) is 6.57. The largest absolute Gasteiger partial charge is 0.351 e. The monoisotopic (exact) mass is 372 g/mol. The summed E-state index contributed by atoms with van der Waals surface area (Å²) in [4.78, 5) is 12.9. The van der Waals surface area contributed by atoms with Crippen LogP contribution in [0.2, 0.25) is 0 Å². The molecule has 0 spiro atoms. The highest BCUT2D eigenvalue weighted by Crippen LogP contribution is 2.42. The van der Waals surface area contributed by atoms with Crippen LogP contribution in [0.5, 0.6) is 0 Å². The normalized spacial score (nSPS) is 23.6. The second-order valence-corrected chi connectivity index (χ2v) is 6.88. The predicted molar refractivity (Wildman–Crippen MR) is 91.0 cm³/mol. The summed E-state index contributed by atoms with van der Waals surface area (Å²) >= 11 is 3.53. The fourth-order valence-electron chi connectivity index (χ4n) is 3.51. The first-order valence-corrected chi connectivity index (χ1v) is 8.28. The third-order valence-electron chi connectivity index (χ3n) is 4.66. The molecule has 21 heavy (non-hydrogen) atoms. The molecule has 3 rings (SSSR count). The number of hydrogen-bond donors (Lipinski definition) is 2. The Morgan fingerprint density at radius 3 is 2.71 bits per heavy atom. The van der Waals surface area contributed by atoms with Gasteiger partial charge in [0.1, 0.15) is 0 Å². The average Bonchev–Trinajstić information content (AvgIpc) is 3.10. The van der Waals surface area contributed by atoms with Crippen molar-refractivity contribution in [3.8, 4) is 0 Å². The van der Waals surface area contributed by atoms with Gasteiger partial charge >= 0.3 is 0 Å². The Balaban J connectivity index is 0.00000161. The second-order valence-electron chi connectivity index (χ2n) is 5.96. The smallest absolute Gasteiger partial charge is 0.230 e. The lowest BCUT2D eigenvalue weighted by atomic mass is 9.78. The van der Waals surface area contributed by atoms with Crippen molar-refractivity contribution in [1.82, 2.24) is 10.6 Å². The van der Waals surface area contributed by atoms with Gasteiger partial charge in [-0.25, -0.2) is 0 Å². The Morgan fingerprint density at radius 1 is 1.33 bits per heavy atom. The summed E-state index contributed by atoms with van der Waals surface area (Å²) < 4.78 is 1.05. The van der Waals surface area contributed by atoms with Crippen molar-refractivity contribution < 1.29 is 4.79 Å². The quantitative estimate of drug-likeness (QED) is 0.854. The number of nitrogens with one attached hydrogen (secondary N) is 2. The zero-order chi connectivity index (χ0) is 14.0. The maximum atomic E-state index is 12.9. The number of hydrogen-bond acceptors (Lipinski definition) is 2. The molecule has 5 heteroatoms. The minimum absolute atomic E-state index is 0. The van der Waals surface area contributed by atoms with E-state index < -0.39 is 0 Å². The Labute approximate surface area is 140 Å². The number of benzene rings is 1. The Bertz CT molecular complexity index is 497. The maximum absolute atomic E-state index is 12.9. The molecule has 1 unspecified atom stereocenters. The Kier molecular flexibility index (Phi) is 5.69. The Hall–Kier alpha value is -0.580. The summed E-state index contributed by atoms with van der Waals surface area (Å²) in [6.45, 7) is 1.91. The molecular formula is C16H22BrClN2O. The molecule has 0 aromatic heterocycles. The minimum Gasteiger partial charge on any atom is -0.351 e. The molecule has 1 atom stereocenters. The van der Waals surface area contributed by atoms with Gasteiger partial charge in [0, 0.05) is 17.1 Å². The van der Waals surface area contributed by atoms with Crippen LogP contribution >= 0.6 is 28.3 Å². The molecule has 1 heterocycles. The first-order valence-electron chi connectivity index (χ1n) is 7.48. The molecule has 1 aromatic rings. The molecule has 1 saturated heterocycles. The van der Waals surface area contributed by atoms with Crippen LogP contribution in [0.1, 0.15) is 37.7 Å². The molecule has 1 aliphatic heterocycles. The van der Waals surface area contributed by atoms with Gasteiger partial charge in [-0.05, 0) is 43.5 Å². The summed E-state index contributed by atoms with van der Waals surface area (Å²) in [6, 6.07) is 8.56. The maximum Gasteiger partial charge on any atom is 0.230 e. The minimum atomic E-state index is -0.313. The zero-order valence-corrected chi connectivity index (χ0v) is 14.4. The van der Waals surface area contributed by atoms with Gasteiger partial charge in [-0.1, -0.05) is 40.9 Å². The third kappa shape index (κ3) is 3.43. The summed E-state index contributed by atoms with van der Waals surface area (Å²) in [5.74, 6) is 0.224. The van der Waals surface area contributed by atoms with Crippen LogP contribution in [0.4, 0.5) is 0 Å². The van der Waals surface area contributed by atoms with Crippen LogP contribution < -0.4 is 10.6 Å². The van der Waals surface area contributed by atoms with E-state index in [0.29, 0.717) is 6.04 Å². The van der Waals surface area contributed by atoms with Crippen LogP contribution in [0, 0.1) is 0 Å². The number of carbonyl (C=O) groups excluding carboxylic acids is 1. The van der Waals surface area contributed by atoms with E-state index in [1.54, 1.807) is 0 Å². The zero-order valence-electron chi connectivity index (χ0n) is 12.0. The van der Waals surface area contributed by atoms with Crippen molar-refractivity contribution in [2.45, 2.75) is 43.6 Å². The van der Waals surface area contributed by atoms with E-state index in [1.165, 1.54) is 0 Å².